The van der Waals surface area contributed by atoms with E-state index in [0.29, 0.717) is 11.7 Å². The molecule has 3 unspecified atom stereocenters. The molecule has 0 aromatic heterocycles. The second-order valence-corrected chi connectivity index (χ2v) is 8.02. The van der Waals surface area contributed by atoms with Crippen molar-refractivity contribution in [1.29, 1.82) is 0 Å². The zero-order valence-corrected chi connectivity index (χ0v) is 19.9. The Labute approximate surface area is 183 Å². The van der Waals surface area contributed by atoms with Crippen molar-refractivity contribution >= 4 is 5.69 Å². The topological polar surface area (TPSA) is 52.9 Å². The number of ether oxygens (including phenoxy) is 1. The highest BCUT2D eigenvalue weighted by molar-refractivity contribution is 5.61. The minimum atomic E-state index is -0.677. The Balaban J connectivity index is 3.26. The number of hydrogen-bond acceptors (Lipinski definition) is 4. The molecule has 3 atom stereocenters. The largest absolute Gasteiger partial charge is 0.504 e. The summed E-state index contributed by atoms with van der Waals surface area (Å²) in [4.78, 5) is 1.85. The third kappa shape index (κ3) is 6.40. The molecule has 2 N–H and O–H groups in total. The lowest BCUT2D eigenvalue weighted by molar-refractivity contribution is 0.105. The predicted octanol–water partition coefficient (Wildman–Crippen LogP) is 6.38. The lowest BCUT2D eigenvalue weighted by atomic mass is 9.85. The van der Waals surface area contributed by atoms with Crippen molar-refractivity contribution in [1.82, 2.24) is 0 Å². The number of benzene rings is 1. The summed E-state index contributed by atoms with van der Waals surface area (Å²) in [5.74, 6) is 1.07. The number of hydrogen-bond donors (Lipinski definition) is 2. The molecule has 30 heavy (non-hydrogen) atoms. The van der Waals surface area contributed by atoms with Gasteiger partial charge in [0.15, 0.2) is 11.5 Å². The Morgan fingerprint density at radius 1 is 1.23 bits per heavy atom. The van der Waals surface area contributed by atoms with Crippen LogP contribution in [0.15, 0.2) is 48.1 Å². The van der Waals surface area contributed by atoms with Gasteiger partial charge in [-0.3, -0.25) is 0 Å². The van der Waals surface area contributed by atoms with Gasteiger partial charge in [0.25, 0.3) is 0 Å². The third-order valence-electron chi connectivity index (χ3n) is 6.14. The van der Waals surface area contributed by atoms with E-state index in [1.54, 1.807) is 18.2 Å². The Bertz CT molecular complexity index is 751. The van der Waals surface area contributed by atoms with Crippen LogP contribution in [0.3, 0.4) is 0 Å². The molecule has 0 aliphatic carbocycles. The molecular weight excluding hydrogens is 374 g/mol. The Hall–Kier alpha value is -2.20. The number of aliphatic hydroxyl groups excluding tert-OH is 1. The molecule has 0 bridgehead atoms. The van der Waals surface area contributed by atoms with Crippen molar-refractivity contribution in [3.63, 3.8) is 0 Å². The lowest BCUT2D eigenvalue weighted by Crippen LogP contribution is -2.38. The molecule has 0 amide bonds. The van der Waals surface area contributed by atoms with Gasteiger partial charge in [0.1, 0.15) is 6.23 Å². The van der Waals surface area contributed by atoms with Gasteiger partial charge in [-0.25, -0.2) is 0 Å². The number of methoxy groups -OCH3 is 1. The summed E-state index contributed by atoms with van der Waals surface area (Å²) in [5, 5.41) is 21.5. The van der Waals surface area contributed by atoms with Gasteiger partial charge in [-0.1, -0.05) is 58.1 Å². The van der Waals surface area contributed by atoms with Gasteiger partial charge >= 0.3 is 0 Å². The molecule has 0 aliphatic rings. The summed E-state index contributed by atoms with van der Waals surface area (Å²) in [7, 11) is 3.41. The second-order valence-electron chi connectivity index (χ2n) is 8.02. The van der Waals surface area contributed by atoms with E-state index in [0.717, 1.165) is 36.9 Å². The molecule has 1 aromatic rings. The molecule has 1 aromatic carbocycles. The van der Waals surface area contributed by atoms with Crippen molar-refractivity contribution < 1.29 is 14.9 Å². The number of aliphatic hydroxyl groups is 1. The molecular formula is C26H41NO3. The van der Waals surface area contributed by atoms with Crippen LogP contribution in [0.5, 0.6) is 11.5 Å². The predicted molar refractivity (Wildman–Crippen MR) is 128 cm³/mol. The fraction of sp³-hybridized carbons (Fsp3) is 0.538. The number of anilines is 1. The first kappa shape index (κ1) is 25.8. The van der Waals surface area contributed by atoms with E-state index in [1.165, 1.54) is 18.3 Å². The van der Waals surface area contributed by atoms with E-state index in [9.17, 15) is 10.2 Å². The quantitative estimate of drug-likeness (QED) is 0.307. The zero-order chi connectivity index (χ0) is 22.8. The molecule has 0 saturated carbocycles. The van der Waals surface area contributed by atoms with Crippen LogP contribution in [0.4, 0.5) is 5.69 Å². The number of phenols is 1. The molecule has 0 aliphatic heterocycles. The van der Waals surface area contributed by atoms with Crippen molar-refractivity contribution in [2.75, 3.05) is 19.1 Å². The van der Waals surface area contributed by atoms with Gasteiger partial charge in [0.05, 0.1) is 7.11 Å². The average Bonchev–Trinajstić information content (AvgIpc) is 2.75. The second kappa shape index (κ2) is 12.5. The van der Waals surface area contributed by atoms with E-state index in [2.05, 4.69) is 40.3 Å². The van der Waals surface area contributed by atoms with Crippen LogP contribution in [-0.4, -0.2) is 30.6 Å². The van der Waals surface area contributed by atoms with E-state index in [1.807, 2.05) is 24.9 Å². The summed E-state index contributed by atoms with van der Waals surface area (Å²) >= 11 is 0. The summed E-state index contributed by atoms with van der Waals surface area (Å²) in [6, 6.07) is 3.46. The highest BCUT2D eigenvalue weighted by atomic mass is 16.5. The van der Waals surface area contributed by atoms with E-state index in [4.69, 9.17) is 4.74 Å². The Morgan fingerprint density at radius 2 is 1.90 bits per heavy atom. The third-order valence-corrected chi connectivity index (χ3v) is 6.14. The average molecular weight is 416 g/mol. The SMILES string of the molecule is C=C/C=C\C(CC(CC)C(O)N(C)c1cc(O)c(OC)cc1C)=C(\CC)C(C)CC. The molecule has 0 fully saturated rings. The first-order chi connectivity index (χ1) is 14.2. The smallest absolute Gasteiger partial charge is 0.160 e. The molecule has 4 nitrogen and oxygen atoms in total. The standard InChI is InChI=1S/C26H41NO3/c1-9-13-14-21(22(12-4)18(5)10-2)16-20(11-3)26(29)27(7)23-17-24(28)25(30-8)15-19(23)6/h9,13-15,17-18,20,26,28-29H,1,10-12,16H2,2-8H3/b14-13-,22-21+. The van der Waals surface area contributed by atoms with Crippen molar-refractivity contribution in [3.8, 4) is 11.5 Å². The molecule has 1 rings (SSSR count). The minimum Gasteiger partial charge on any atom is -0.504 e. The number of aryl methyl sites for hydroxylation is 1. The number of aromatic hydroxyl groups is 1. The first-order valence-corrected chi connectivity index (χ1v) is 11.0. The maximum atomic E-state index is 11.2. The molecule has 0 radical (unpaired) electrons. The van der Waals surface area contributed by atoms with Crippen molar-refractivity contribution in [3.05, 3.63) is 53.6 Å². The number of phenolic OH excluding ortho intramolecular Hbond substituents is 1. The van der Waals surface area contributed by atoms with Crippen LogP contribution in [-0.2, 0) is 0 Å². The van der Waals surface area contributed by atoms with Crippen LogP contribution in [0.2, 0.25) is 0 Å². The lowest BCUT2D eigenvalue weighted by Gasteiger charge is -2.34. The first-order valence-electron chi connectivity index (χ1n) is 11.0. The van der Waals surface area contributed by atoms with Gasteiger partial charge < -0.3 is 19.8 Å². The number of allylic oxidation sites excluding steroid dienone is 5. The summed E-state index contributed by atoms with van der Waals surface area (Å²) in [5.41, 5.74) is 4.48. The van der Waals surface area contributed by atoms with Crippen molar-refractivity contribution in [2.24, 2.45) is 11.8 Å². The molecule has 0 spiro atoms. The van der Waals surface area contributed by atoms with E-state index < -0.39 is 6.23 Å². The highest BCUT2D eigenvalue weighted by Crippen LogP contribution is 2.36. The van der Waals surface area contributed by atoms with Gasteiger partial charge in [-0.15, -0.1) is 0 Å². The van der Waals surface area contributed by atoms with Gasteiger partial charge in [-0.2, -0.15) is 0 Å². The minimum absolute atomic E-state index is 0.0497. The van der Waals surface area contributed by atoms with Crippen molar-refractivity contribution in [2.45, 2.75) is 66.5 Å². The number of nitrogens with zero attached hydrogens (tertiary/aromatic N) is 1. The summed E-state index contributed by atoms with van der Waals surface area (Å²) in [6.07, 6.45) is 8.99. The van der Waals surface area contributed by atoms with Gasteiger partial charge in [-0.05, 0) is 55.7 Å². The van der Waals surface area contributed by atoms with Gasteiger partial charge in [0, 0.05) is 24.7 Å². The highest BCUT2D eigenvalue weighted by Gasteiger charge is 2.25. The van der Waals surface area contributed by atoms with Crippen LogP contribution in [0.1, 0.15) is 58.9 Å². The maximum Gasteiger partial charge on any atom is 0.160 e. The molecule has 0 saturated heterocycles. The normalized spacial score (nSPS) is 15.5. The monoisotopic (exact) mass is 415 g/mol. The Morgan fingerprint density at radius 3 is 2.40 bits per heavy atom. The van der Waals surface area contributed by atoms with Gasteiger partial charge in [0.2, 0.25) is 0 Å². The van der Waals surface area contributed by atoms with E-state index >= 15 is 0 Å². The van der Waals surface area contributed by atoms with E-state index in [-0.39, 0.29) is 11.7 Å². The Kier molecular flexibility index (Phi) is 10.8. The molecule has 0 heterocycles. The fourth-order valence-electron chi connectivity index (χ4n) is 4.03. The summed E-state index contributed by atoms with van der Waals surface area (Å²) in [6.45, 7) is 14.6. The summed E-state index contributed by atoms with van der Waals surface area (Å²) < 4.78 is 5.20. The fourth-order valence-corrected chi connectivity index (χ4v) is 4.03. The van der Waals surface area contributed by atoms with Crippen LogP contribution >= 0.6 is 0 Å². The van der Waals surface area contributed by atoms with Crippen LogP contribution in [0.25, 0.3) is 0 Å². The van der Waals surface area contributed by atoms with Crippen LogP contribution in [0, 0.1) is 18.8 Å². The number of rotatable bonds is 12. The van der Waals surface area contributed by atoms with Crippen LogP contribution < -0.4 is 9.64 Å². The molecule has 168 valence electrons. The zero-order valence-electron chi connectivity index (χ0n) is 19.9. The maximum absolute atomic E-state index is 11.2. The molecule has 4 heteroatoms.